The largest absolute Gasteiger partial charge is 0.346 e. The van der Waals surface area contributed by atoms with Gasteiger partial charge in [0.25, 0.3) is 0 Å². The zero-order chi connectivity index (χ0) is 15.0. The lowest BCUT2D eigenvalue weighted by molar-refractivity contribution is 0.260. The molecule has 0 amide bonds. The molecule has 1 atom stereocenters. The van der Waals surface area contributed by atoms with Crippen LogP contribution in [0.2, 0.25) is 0 Å². The van der Waals surface area contributed by atoms with Crippen molar-refractivity contribution >= 4 is 16.5 Å². The van der Waals surface area contributed by atoms with Crippen molar-refractivity contribution in [2.45, 2.75) is 58.0 Å². The molecular weight excluding hydrogens is 280 g/mol. The van der Waals surface area contributed by atoms with Crippen molar-refractivity contribution in [3.63, 3.8) is 0 Å². The highest BCUT2D eigenvalue weighted by atomic mass is 32.1. The molecule has 1 aromatic heterocycles. The van der Waals surface area contributed by atoms with Crippen molar-refractivity contribution in [3.8, 4) is 0 Å². The summed E-state index contributed by atoms with van der Waals surface area (Å²) >= 11 is 1.80. The Morgan fingerprint density at radius 1 is 1.24 bits per heavy atom. The first-order chi connectivity index (χ1) is 9.99. The number of anilines is 1. The second-order valence-electron chi connectivity index (χ2n) is 7.35. The molecule has 2 fully saturated rings. The number of thiazole rings is 1. The summed E-state index contributed by atoms with van der Waals surface area (Å²) in [5.74, 6) is 0. The van der Waals surface area contributed by atoms with Crippen molar-refractivity contribution in [1.82, 2.24) is 9.88 Å². The van der Waals surface area contributed by atoms with Crippen molar-refractivity contribution in [3.05, 3.63) is 10.6 Å². The van der Waals surface area contributed by atoms with Crippen LogP contribution in [0.15, 0.2) is 0 Å². The molecule has 0 aliphatic carbocycles. The monoisotopic (exact) mass is 308 g/mol. The molecule has 0 spiro atoms. The van der Waals surface area contributed by atoms with E-state index in [0.717, 1.165) is 19.1 Å². The zero-order valence-corrected chi connectivity index (χ0v) is 14.4. The van der Waals surface area contributed by atoms with Crippen LogP contribution in [0.4, 0.5) is 5.13 Å². The third-order valence-corrected chi connectivity index (χ3v) is 5.81. The highest BCUT2D eigenvalue weighted by molar-refractivity contribution is 7.15. The molecule has 0 radical (unpaired) electrons. The molecule has 118 valence electrons. The van der Waals surface area contributed by atoms with E-state index in [9.17, 15) is 0 Å². The molecule has 0 saturated carbocycles. The maximum atomic E-state index is 5.93. The molecule has 2 saturated heterocycles. The lowest BCUT2D eigenvalue weighted by atomic mass is 9.91. The molecule has 2 aliphatic rings. The minimum absolute atomic E-state index is 0.0809. The zero-order valence-electron chi connectivity index (χ0n) is 13.6. The van der Waals surface area contributed by atoms with Gasteiger partial charge in [0, 0.05) is 36.0 Å². The Balaban J connectivity index is 1.74. The fraction of sp³-hybridized carbons (Fsp3) is 0.812. The maximum Gasteiger partial charge on any atom is 0.185 e. The van der Waals surface area contributed by atoms with Crippen LogP contribution in [-0.2, 0) is 12.0 Å². The van der Waals surface area contributed by atoms with E-state index >= 15 is 0 Å². The van der Waals surface area contributed by atoms with E-state index < -0.39 is 0 Å². The van der Waals surface area contributed by atoms with Gasteiger partial charge < -0.3 is 10.6 Å². The first-order valence-electron chi connectivity index (χ1n) is 8.18. The van der Waals surface area contributed by atoms with Crippen LogP contribution in [0, 0.1) is 0 Å². The first kappa shape index (κ1) is 15.3. The molecule has 0 bridgehead atoms. The summed E-state index contributed by atoms with van der Waals surface area (Å²) in [5, 5.41) is 1.18. The van der Waals surface area contributed by atoms with E-state index in [1.807, 2.05) is 0 Å². The average Bonchev–Trinajstić information content (AvgIpc) is 3.16. The van der Waals surface area contributed by atoms with Gasteiger partial charge in [0.15, 0.2) is 5.13 Å². The summed E-state index contributed by atoms with van der Waals surface area (Å²) in [4.78, 5) is 11.3. The molecule has 2 aliphatic heterocycles. The Morgan fingerprint density at radius 2 is 1.95 bits per heavy atom. The van der Waals surface area contributed by atoms with Crippen LogP contribution in [0.3, 0.4) is 0 Å². The Kier molecular flexibility index (Phi) is 4.26. The number of likely N-dealkylation sites (tertiary alicyclic amines) is 1. The third-order valence-electron chi connectivity index (χ3n) is 4.67. The van der Waals surface area contributed by atoms with Crippen molar-refractivity contribution in [2.75, 3.05) is 31.1 Å². The lowest BCUT2D eigenvalue weighted by Crippen LogP contribution is -2.35. The van der Waals surface area contributed by atoms with Crippen molar-refractivity contribution in [2.24, 2.45) is 5.73 Å². The number of hydrogen-bond donors (Lipinski definition) is 1. The fourth-order valence-electron chi connectivity index (χ4n) is 3.52. The van der Waals surface area contributed by atoms with E-state index in [4.69, 9.17) is 10.7 Å². The van der Waals surface area contributed by atoms with Gasteiger partial charge in [-0.2, -0.15) is 0 Å². The van der Waals surface area contributed by atoms with E-state index in [1.54, 1.807) is 11.3 Å². The van der Waals surface area contributed by atoms with Gasteiger partial charge in [-0.05, 0) is 32.4 Å². The minimum Gasteiger partial charge on any atom is -0.346 e. The van der Waals surface area contributed by atoms with Gasteiger partial charge in [0.1, 0.15) is 0 Å². The molecule has 2 N–H and O–H groups in total. The van der Waals surface area contributed by atoms with Gasteiger partial charge in [-0.1, -0.05) is 20.8 Å². The SMILES string of the molecule is CC(C)(C)c1nc(N2CCC(N3CCCC3)C2)sc1CN. The first-order valence-corrected chi connectivity index (χ1v) is 9.00. The molecule has 21 heavy (non-hydrogen) atoms. The van der Waals surface area contributed by atoms with Crippen LogP contribution in [0.5, 0.6) is 0 Å². The Bertz CT molecular complexity index is 485. The summed E-state index contributed by atoms with van der Waals surface area (Å²) in [6.45, 7) is 12.1. The summed E-state index contributed by atoms with van der Waals surface area (Å²) in [6.07, 6.45) is 4.03. The van der Waals surface area contributed by atoms with Gasteiger partial charge in [0.05, 0.1) is 5.69 Å². The number of aromatic nitrogens is 1. The van der Waals surface area contributed by atoms with Crippen LogP contribution >= 0.6 is 11.3 Å². The molecule has 0 aromatic carbocycles. The van der Waals surface area contributed by atoms with Crippen molar-refractivity contribution < 1.29 is 0 Å². The van der Waals surface area contributed by atoms with E-state index in [-0.39, 0.29) is 5.41 Å². The summed E-state index contributed by atoms with van der Waals surface area (Å²) < 4.78 is 0. The number of hydrogen-bond acceptors (Lipinski definition) is 5. The van der Waals surface area contributed by atoms with E-state index in [2.05, 4.69) is 30.6 Å². The Hall–Kier alpha value is -0.650. The standard InChI is InChI=1S/C16H28N4S/c1-16(2,3)14-13(10-17)21-15(18-14)20-9-6-12(11-20)19-7-4-5-8-19/h12H,4-11,17H2,1-3H3. The average molecular weight is 308 g/mol. The lowest BCUT2D eigenvalue weighted by Gasteiger charge is -2.23. The summed E-state index contributed by atoms with van der Waals surface area (Å²) in [5.41, 5.74) is 7.20. The fourth-order valence-corrected chi connectivity index (χ4v) is 4.70. The van der Waals surface area contributed by atoms with Gasteiger partial charge in [0.2, 0.25) is 0 Å². The van der Waals surface area contributed by atoms with Crippen LogP contribution < -0.4 is 10.6 Å². The number of nitrogens with zero attached hydrogens (tertiary/aromatic N) is 3. The predicted molar refractivity (Wildman–Crippen MR) is 90.1 cm³/mol. The molecule has 3 heterocycles. The predicted octanol–water partition coefficient (Wildman–Crippen LogP) is 2.57. The summed E-state index contributed by atoms with van der Waals surface area (Å²) in [6, 6.07) is 0.732. The minimum atomic E-state index is 0.0809. The molecule has 4 nitrogen and oxygen atoms in total. The quantitative estimate of drug-likeness (QED) is 0.932. The van der Waals surface area contributed by atoms with Crippen molar-refractivity contribution in [1.29, 1.82) is 0 Å². The van der Waals surface area contributed by atoms with Gasteiger partial charge >= 0.3 is 0 Å². The molecule has 1 unspecified atom stereocenters. The number of nitrogens with two attached hydrogens (primary N) is 1. The van der Waals surface area contributed by atoms with E-state index in [0.29, 0.717) is 6.54 Å². The van der Waals surface area contributed by atoms with Crippen LogP contribution in [0.1, 0.15) is 50.6 Å². The second-order valence-corrected chi connectivity index (χ2v) is 8.42. The Labute approximate surface area is 132 Å². The smallest absolute Gasteiger partial charge is 0.185 e. The summed E-state index contributed by atoms with van der Waals surface area (Å²) in [7, 11) is 0. The Morgan fingerprint density at radius 3 is 2.52 bits per heavy atom. The normalized spacial score (nSPS) is 24.2. The van der Waals surface area contributed by atoms with Gasteiger partial charge in [-0.25, -0.2) is 4.98 Å². The molecule has 3 rings (SSSR count). The second kappa shape index (κ2) is 5.86. The molecular formula is C16H28N4S. The molecule has 1 aromatic rings. The third kappa shape index (κ3) is 3.10. The maximum absolute atomic E-state index is 5.93. The highest BCUT2D eigenvalue weighted by Crippen LogP contribution is 2.35. The molecule has 5 heteroatoms. The van der Waals surface area contributed by atoms with Gasteiger partial charge in [-0.3, -0.25) is 4.90 Å². The highest BCUT2D eigenvalue weighted by Gasteiger charge is 2.32. The van der Waals surface area contributed by atoms with E-state index in [1.165, 1.54) is 48.1 Å². The topological polar surface area (TPSA) is 45.4 Å². The van der Waals surface area contributed by atoms with Crippen LogP contribution in [-0.4, -0.2) is 42.1 Å². The van der Waals surface area contributed by atoms with Crippen LogP contribution in [0.25, 0.3) is 0 Å². The van der Waals surface area contributed by atoms with Gasteiger partial charge in [-0.15, -0.1) is 11.3 Å². The number of rotatable bonds is 3.